The third kappa shape index (κ3) is 2.57. The Balaban J connectivity index is 1.63. The number of benzene rings is 2. The lowest BCUT2D eigenvalue weighted by molar-refractivity contribution is 0.0469. The van der Waals surface area contributed by atoms with Gasteiger partial charge in [-0.3, -0.25) is 0 Å². The van der Waals surface area contributed by atoms with E-state index in [4.69, 9.17) is 15.2 Å². The average molecular weight is 283 g/mol. The number of ether oxygens (including phenoxy) is 2. The molecule has 0 saturated heterocycles. The molecule has 0 spiro atoms. The molecule has 0 radical (unpaired) electrons. The van der Waals surface area contributed by atoms with Crippen LogP contribution in [0, 0.1) is 0 Å². The quantitative estimate of drug-likeness (QED) is 0.692. The highest BCUT2D eigenvalue weighted by Crippen LogP contribution is 2.35. The first kappa shape index (κ1) is 13.5. The van der Waals surface area contributed by atoms with Crippen molar-refractivity contribution in [3.63, 3.8) is 0 Å². The van der Waals surface area contributed by atoms with Gasteiger partial charge in [-0.15, -0.1) is 0 Å². The lowest BCUT2D eigenvalue weighted by Gasteiger charge is -2.29. The highest BCUT2D eigenvalue weighted by atomic mass is 16.5. The molecule has 0 heterocycles. The molecule has 2 aromatic rings. The molecule has 1 unspecified atom stereocenters. The van der Waals surface area contributed by atoms with Crippen molar-refractivity contribution in [2.45, 2.75) is 12.3 Å². The predicted octanol–water partition coefficient (Wildman–Crippen LogP) is 2.77. The van der Waals surface area contributed by atoms with Crippen LogP contribution in [0.1, 0.15) is 27.4 Å². The minimum absolute atomic E-state index is 0.306. The molecule has 3 rings (SSSR count). The second-order valence-electron chi connectivity index (χ2n) is 5.16. The van der Waals surface area contributed by atoms with E-state index in [9.17, 15) is 4.79 Å². The van der Waals surface area contributed by atoms with Crippen LogP contribution in [0.2, 0.25) is 0 Å². The first-order valence-corrected chi connectivity index (χ1v) is 6.87. The molecular weight excluding hydrogens is 266 g/mol. The van der Waals surface area contributed by atoms with E-state index in [-0.39, 0.29) is 5.97 Å². The maximum atomic E-state index is 12.1. The monoisotopic (exact) mass is 283 g/mol. The molecule has 0 amide bonds. The Morgan fingerprint density at radius 1 is 1.29 bits per heavy atom. The highest BCUT2D eigenvalue weighted by Gasteiger charge is 2.26. The number of rotatable bonds is 4. The van der Waals surface area contributed by atoms with Crippen molar-refractivity contribution < 1.29 is 14.3 Å². The van der Waals surface area contributed by atoms with Gasteiger partial charge in [0.05, 0.1) is 25.0 Å². The third-order valence-electron chi connectivity index (χ3n) is 3.85. The van der Waals surface area contributed by atoms with Crippen LogP contribution in [0.15, 0.2) is 42.5 Å². The summed E-state index contributed by atoms with van der Waals surface area (Å²) in [5, 5.41) is 0. The molecule has 4 nitrogen and oxygen atoms in total. The predicted molar refractivity (Wildman–Crippen MR) is 80.6 cm³/mol. The molecule has 0 aliphatic heterocycles. The van der Waals surface area contributed by atoms with Crippen molar-refractivity contribution in [2.24, 2.45) is 0 Å². The van der Waals surface area contributed by atoms with Crippen LogP contribution in [0.5, 0.6) is 5.75 Å². The summed E-state index contributed by atoms with van der Waals surface area (Å²) in [5.41, 5.74) is 9.30. The number of nitrogen functional groups attached to an aromatic ring is 1. The number of nitrogens with two attached hydrogens (primary N) is 1. The fraction of sp³-hybridized carbons (Fsp3) is 0.235. The first-order valence-electron chi connectivity index (χ1n) is 6.87. The lowest BCUT2D eigenvalue weighted by atomic mass is 9.78. The maximum absolute atomic E-state index is 12.1. The highest BCUT2D eigenvalue weighted by molar-refractivity contribution is 5.90. The van der Waals surface area contributed by atoms with Crippen LogP contribution in [0.25, 0.3) is 0 Å². The zero-order chi connectivity index (χ0) is 14.8. The van der Waals surface area contributed by atoms with Gasteiger partial charge >= 0.3 is 5.97 Å². The SMILES string of the molecule is COc1cc(C(=O)OCC2Cc3ccccc32)ccc1N. The summed E-state index contributed by atoms with van der Waals surface area (Å²) >= 11 is 0. The second kappa shape index (κ2) is 5.48. The lowest BCUT2D eigenvalue weighted by Crippen LogP contribution is -2.23. The van der Waals surface area contributed by atoms with Gasteiger partial charge in [-0.05, 0) is 35.7 Å². The van der Waals surface area contributed by atoms with E-state index in [2.05, 4.69) is 12.1 Å². The number of carbonyl (C=O) groups is 1. The first-order chi connectivity index (χ1) is 10.2. The van der Waals surface area contributed by atoms with Crippen molar-refractivity contribution >= 4 is 11.7 Å². The number of anilines is 1. The summed E-state index contributed by atoms with van der Waals surface area (Å²) in [4.78, 5) is 12.1. The van der Waals surface area contributed by atoms with Gasteiger partial charge in [-0.25, -0.2) is 4.79 Å². The van der Waals surface area contributed by atoms with Crippen molar-refractivity contribution in [1.29, 1.82) is 0 Å². The molecule has 0 bridgehead atoms. The molecule has 2 N–H and O–H groups in total. The van der Waals surface area contributed by atoms with Crippen LogP contribution in [0.4, 0.5) is 5.69 Å². The smallest absolute Gasteiger partial charge is 0.338 e. The zero-order valence-electron chi connectivity index (χ0n) is 11.8. The molecule has 2 aromatic carbocycles. The summed E-state index contributed by atoms with van der Waals surface area (Å²) < 4.78 is 10.5. The summed E-state index contributed by atoms with van der Waals surface area (Å²) in [6, 6.07) is 13.1. The van der Waals surface area contributed by atoms with E-state index in [1.165, 1.54) is 18.2 Å². The van der Waals surface area contributed by atoms with Crippen molar-refractivity contribution in [3.05, 3.63) is 59.2 Å². The van der Waals surface area contributed by atoms with Crippen molar-refractivity contribution in [1.82, 2.24) is 0 Å². The molecule has 0 aromatic heterocycles. The molecule has 4 heteroatoms. The Labute approximate surface area is 123 Å². The minimum Gasteiger partial charge on any atom is -0.495 e. The van der Waals surface area contributed by atoms with Crippen LogP contribution in [0.3, 0.4) is 0 Å². The van der Waals surface area contributed by atoms with Gasteiger partial charge < -0.3 is 15.2 Å². The number of methoxy groups -OCH3 is 1. The average Bonchev–Trinajstić information content (AvgIpc) is 2.48. The van der Waals surface area contributed by atoms with Gasteiger partial charge in [0.1, 0.15) is 5.75 Å². The Hall–Kier alpha value is -2.49. The zero-order valence-corrected chi connectivity index (χ0v) is 11.8. The Morgan fingerprint density at radius 2 is 2.10 bits per heavy atom. The van der Waals surface area contributed by atoms with E-state index >= 15 is 0 Å². The summed E-state index contributed by atoms with van der Waals surface area (Å²) in [6.45, 7) is 0.405. The van der Waals surface area contributed by atoms with E-state index in [1.807, 2.05) is 12.1 Å². The van der Waals surface area contributed by atoms with Crippen LogP contribution in [-0.4, -0.2) is 19.7 Å². The topological polar surface area (TPSA) is 61.5 Å². The molecular formula is C17H17NO3. The standard InChI is InChI=1S/C17H17NO3/c1-20-16-9-12(6-7-15(16)18)17(19)21-10-13-8-11-4-2-3-5-14(11)13/h2-7,9,13H,8,10,18H2,1H3. The van der Waals surface area contributed by atoms with Gasteiger partial charge in [0.15, 0.2) is 0 Å². The minimum atomic E-state index is -0.349. The summed E-state index contributed by atoms with van der Waals surface area (Å²) in [5.74, 6) is 0.442. The molecule has 0 fully saturated rings. The largest absolute Gasteiger partial charge is 0.495 e. The van der Waals surface area contributed by atoms with Crippen LogP contribution >= 0.6 is 0 Å². The van der Waals surface area contributed by atoms with Gasteiger partial charge in [-0.1, -0.05) is 24.3 Å². The van der Waals surface area contributed by atoms with E-state index in [1.54, 1.807) is 18.2 Å². The molecule has 0 saturated carbocycles. The number of carbonyl (C=O) groups excluding carboxylic acids is 1. The fourth-order valence-electron chi connectivity index (χ4n) is 2.61. The van der Waals surface area contributed by atoms with Gasteiger partial charge in [-0.2, -0.15) is 0 Å². The molecule has 1 atom stereocenters. The van der Waals surface area contributed by atoms with E-state index < -0.39 is 0 Å². The van der Waals surface area contributed by atoms with Crippen LogP contribution in [-0.2, 0) is 11.2 Å². The number of fused-ring (bicyclic) bond motifs is 1. The van der Waals surface area contributed by atoms with E-state index in [0.29, 0.717) is 29.5 Å². The fourth-order valence-corrected chi connectivity index (χ4v) is 2.61. The van der Waals surface area contributed by atoms with Gasteiger partial charge in [0.2, 0.25) is 0 Å². The maximum Gasteiger partial charge on any atom is 0.338 e. The number of hydrogen-bond acceptors (Lipinski definition) is 4. The summed E-state index contributed by atoms with van der Waals surface area (Å²) in [7, 11) is 1.52. The summed E-state index contributed by atoms with van der Waals surface area (Å²) in [6.07, 6.45) is 0.967. The second-order valence-corrected chi connectivity index (χ2v) is 5.16. The number of hydrogen-bond donors (Lipinski definition) is 1. The molecule has 1 aliphatic carbocycles. The Bertz CT molecular complexity index is 681. The van der Waals surface area contributed by atoms with Gasteiger partial charge in [0.25, 0.3) is 0 Å². The van der Waals surface area contributed by atoms with Gasteiger partial charge in [0, 0.05) is 5.92 Å². The molecule has 108 valence electrons. The Kier molecular flexibility index (Phi) is 3.52. The van der Waals surface area contributed by atoms with Crippen LogP contribution < -0.4 is 10.5 Å². The third-order valence-corrected chi connectivity index (χ3v) is 3.85. The van der Waals surface area contributed by atoms with E-state index in [0.717, 1.165) is 6.42 Å². The van der Waals surface area contributed by atoms with Crippen molar-refractivity contribution in [3.8, 4) is 5.75 Å². The van der Waals surface area contributed by atoms with Crippen molar-refractivity contribution in [2.75, 3.05) is 19.5 Å². The molecule has 1 aliphatic rings. The normalized spacial score (nSPS) is 15.8. The number of esters is 1. The Morgan fingerprint density at radius 3 is 2.86 bits per heavy atom. The molecule has 21 heavy (non-hydrogen) atoms.